The van der Waals surface area contributed by atoms with Gasteiger partial charge >= 0.3 is 0 Å². The van der Waals surface area contributed by atoms with E-state index in [0.29, 0.717) is 12.0 Å². The standard InChI is InChI=1S/C20H22F2O3S/c21-16-7-10-19(20(22)12-16)15-5-8-18(9-6-15)26(24,25)13-14-3-1-2-4-17(23)11-14/h5-10,12,14,17,23H,1-4,11,13H2/t14?,17-/m1/s1. The minimum absolute atomic E-state index is 0.00825. The molecular weight excluding hydrogens is 358 g/mol. The molecule has 1 aliphatic carbocycles. The lowest BCUT2D eigenvalue weighted by Gasteiger charge is -2.16. The molecule has 2 atom stereocenters. The van der Waals surface area contributed by atoms with Crippen molar-refractivity contribution in [1.82, 2.24) is 0 Å². The van der Waals surface area contributed by atoms with E-state index in [4.69, 9.17) is 0 Å². The summed E-state index contributed by atoms with van der Waals surface area (Å²) in [4.78, 5) is 0.183. The molecule has 0 aromatic heterocycles. The highest BCUT2D eigenvalue weighted by Crippen LogP contribution is 2.28. The number of rotatable bonds is 4. The van der Waals surface area contributed by atoms with E-state index in [2.05, 4.69) is 0 Å². The van der Waals surface area contributed by atoms with Crippen LogP contribution in [0.5, 0.6) is 0 Å². The van der Waals surface area contributed by atoms with Crippen LogP contribution in [-0.2, 0) is 9.84 Å². The SMILES string of the molecule is O=S(=O)(CC1CCCC[C@@H](O)C1)c1ccc(-c2ccc(F)cc2F)cc1. The van der Waals surface area contributed by atoms with Crippen molar-refractivity contribution < 1.29 is 22.3 Å². The van der Waals surface area contributed by atoms with Gasteiger partial charge in [0, 0.05) is 11.6 Å². The highest BCUT2D eigenvalue weighted by Gasteiger charge is 2.25. The van der Waals surface area contributed by atoms with Crippen LogP contribution in [0.2, 0.25) is 0 Å². The first kappa shape index (κ1) is 19.0. The lowest BCUT2D eigenvalue weighted by atomic mass is 10.0. The highest BCUT2D eigenvalue weighted by molar-refractivity contribution is 7.91. The Labute approximate surface area is 152 Å². The van der Waals surface area contributed by atoms with Crippen LogP contribution in [0.4, 0.5) is 8.78 Å². The zero-order valence-electron chi connectivity index (χ0n) is 14.4. The predicted molar refractivity (Wildman–Crippen MR) is 96.4 cm³/mol. The Balaban J connectivity index is 1.78. The number of hydrogen-bond donors (Lipinski definition) is 1. The molecule has 1 aliphatic rings. The molecule has 0 saturated heterocycles. The first-order valence-corrected chi connectivity index (χ1v) is 10.5. The number of halogens is 2. The number of hydrogen-bond acceptors (Lipinski definition) is 3. The summed E-state index contributed by atoms with van der Waals surface area (Å²) >= 11 is 0. The van der Waals surface area contributed by atoms with Crippen molar-refractivity contribution in [2.45, 2.75) is 43.1 Å². The first-order chi connectivity index (χ1) is 12.3. The Hall–Kier alpha value is -1.79. The van der Waals surface area contributed by atoms with Gasteiger partial charge in [0.1, 0.15) is 11.6 Å². The predicted octanol–water partition coefficient (Wildman–Crippen LogP) is 4.35. The molecule has 0 bridgehead atoms. The molecule has 2 aromatic carbocycles. The maximum atomic E-state index is 13.9. The van der Waals surface area contributed by atoms with Crippen molar-refractivity contribution in [2.75, 3.05) is 5.75 Å². The Morgan fingerprint density at radius 2 is 1.69 bits per heavy atom. The molecule has 0 radical (unpaired) electrons. The average molecular weight is 380 g/mol. The minimum atomic E-state index is -3.48. The van der Waals surface area contributed by atoms with Crippen LogP contribution < -0.4 is 0 Å². The van der Waals surface area contributed by atoms with Gasteiger partial charge in [0.2, 0.25) is 0 Å². The van der Waals surface area contributed by atoms with Crippen molar-refractivity contribution in [3.63, 3.8) is 0 Å². The second-order valence-corrected chi connectivity index (χ2v) is 9.00. The van der Waals surface area contributed by atoms with Crippen LogP contribution in [0.1, 0.15) is 32.1 Å². The van der Waals surface area contributed by atoms with Gasteiger partial charge in [-0.05, 0) is 55.0 Å². The number of aliphatic hydroxyl groups excluding tert-OH is 1. The quantitative estimate of drug-likeness (QED) is 0.803. The lowest BCUT2D eigenvalue weighted by molar-refractivity contribution is 0.145. The average Bonchev–Trinajstić information content (AvgIpc) is 2.78. The maximum absolute atomic E-state index is 13.9. The summed E-state index contributed by atoms with van der Waals surface area (Å²) in [5.41, 5.74) is 0.716. The third-order valence-corrected chi connectivity index (χ3v) is 6.82. The van der Waals surface area contributed by atoms with E-state index in [1.807, 2.05) is 0 Å². The molecule has 3 rings (SSSR count). The fourth-order valence-corrected chi connectivity index (χ4v) is 5.22. The highest BCUT2D eigenvalue weighted by atomic mass is 32.2. The molecule has 2 aromatic rings. The van der Waals surface area contributed by atoms with Gasteiger partial charge in [-0.3, -0.25) is 0 Å². The lowest BCUT2D eigenvalue weighted by Crippen LogP contribution is -2.20. The number of benzene rings is 2. The topological polar surface area (TPSA) is 54.4 Å². The Kier molecular flexibility index (Phi) is 5.73. The van der Waals surface area contributed by atoms with Crippen molar-refractivity contribution in [3.8, 4) is 11.1 Å². The molecule has 3 nitrogen and oxygen atoms in total. The first-order valence-electron chi connectivity index (χ1n) is 8.81. The van der Waals surface area contributed by atoms with Gasteiger partial charge < -0.3 is 5.11 Å². The molecule has 0 aliphatic heterocycles. The summed E-state index contributed by atoms with van der Waals surface area (Å²) in [6.07, 6.45) is 3.47. The zero-order valence-corrected chi connectivity index (χ0v) is 15.2. The summed E-state index contributed by atoms with van der Waals surface area (Å²) < 4.78 is 52.2. The van der Waals surface area contributed by atoms with Gasteiger partial charge in [0.05, 0.1) is 16.8 Å². The monoisotopic (exact) mass is 380 g/mol. The van der Waals surface area contributed by atoms with Crippen LogP contribution in [0.25, 0.3) is 11.1 Å². The van der Waals surface area contributed by atoms with Crippen LogP contribution in [-0.4, -0.2) is 25.4 Å². The Morgan fingerprint density at radius 3 is 2.38 bits per heavy atom. The van der Waals surface area contributed by atoms with Crippen LogP contribution in [0.15, 0.2) is 47.4 Å². The van der Waals surface area contributed by atoms with E-state index in [1.165, 1.54) is 36.4 Å². The van der Waals surface area contributed by atoms with E-state index >= 15 is 0 Å². The van der Waals surface area contributed by atoms with Crippen LogP contribution in [0.3, 0.4) is 0 Å². The van der Waals surface area contributed by atoms with Crippen molar-refractivity contribution in [3.05, 3.63) is 54.1 Å². The molecule has 0 spiro atoms. The molecule has 140 valence electrons. The summed E-state index contributed by atoms with van der Waals surface area (Å²) in [5.74, 6) is -1.38. The molecule has 1 fully saturated rings. The van der Waals surface area contributed by atoms with Gasteiger partial charge in [-0.2, -0.15) is 0 Å². The molecular formula is C20H22F2O3S. The fourth-order valence-electron chi connectivity index (χ4n) is 3.56. The third-order valence-electron chi connectivity index (χ3n) is 4.92. The molecule has 1 unspecified atom stereocenters. The summed E-state index contributed by atoms with van der Waals surface area (Å²) in [5, 5.41) is 9.88. The largest absolute Gasteiger partial charge is 0.393 e. The van der Waals surface area contributed by atoms with Gasteiger partial charge in [-0.15, -0.1) is 0 Å². The van der Waals surface area contributed by atoms with E-state index in [9.17, 15) is 22.3 Å². The van der Waals surface area contributed by atoms with Gasteiger partial charge in [0.25, 0.3) is 0 Å². The summed E-state index contributed by atoms with van der Waals surface area (Å²) in [7, 11) is -3.48. The smallest absolute Gasteiger partial charge is 0.178 e. The van der Waals surface area contributed by atoms with E-state index < -0.39 is 27.6 Å². The van der Waals surface area contributed by atoms with Crippen molar-refractivity contribution in [1.29, 1.82) is 0 Å². The number of aliphatic hydroxyl groups is 1. The number of sulfone groups is 1. The molecule has 6 heteroatoms. The maximum Gasteiger partial charge on any atom is 0.178 e. The molecule has 26 heavy (non-hydrogen) atoms. The summed E-state index contributed by atoms with van der Waals surface area (Å²) in [6.45, 7) is 0. The van der Waals surface area contributed by atoms with E-state index in [-0.39, 0.29) is 22.1 Å². The molecule has 1 N–H and O–H groups in total. The summed E-state index contributed by atoms with van der Waals surface area (Å²) in [6, 6.07) is 9.29. The van der Waals surface area contributed by atoms with Gasteiger partial charge in [-0.25, -0.2) is 17.2 Å². The molecule has 0 heterocycles. The zero-order chi connectivity index (χ0) is 18.7. The van der Waals surface area contributed by atoms with E-state index in [0.717, 1.165) is 31.7 Å². The molecule has 0 amide bonds. The van der Waals surface area contributed by atoms with Crippen LogP contribution >= 0.6 is 0 Å². The van der Waals surface area contributed by atoms with Gasteiger partial charge in [-0.1, -0.05) is 25.0 Å². The normalized spacial score (nSPS) is 21.3. The Morgan fingerprint density at radius 1 is 1.00 bits per heavy atom. The minimum Gasteiger partial charge on any atom is -0.393 e. The second kappa shape index (κ2) is 7.84. The second-order valence-electron chi connectivity index (χ2n) is 6.97. The van der Waals surface area contributed by atoms with Crippen LogP contribution in [0, 0.1) is 17.6 Å². The van der Waals surface area contributed by atoms with Crippen molar-refractivity contribution >= 4 is 9.84 Å². The fraction of sp³-hybridized carbons (Fsp3) is 0.400. The van der Waals surface area contributed by atoms with Gasteiger partial charge in [0.15, 0.2) is 9.84 Å². The Bertz CT molecular complexity index is 863. The van der Waals surface area contributed by atoms with Crippen molar-refractivity contribution in [2.24, 2.45) is 5.92 Å². The third kappa shape index (κ3) is 4.48. The molecule has 1 saturated carbocycles. The van der Waals surface area contributed by atoms with E-state index in [1.54, 1.807) is 0 Å².